The van der Waals surface area contributed by atoms with Crippen LogP contribution in [0.5, 0.6) is 0 Å². The Bertz CT molecular complexity index is 830. The van der Waals surface area contributed by atoms with Crippen molar-refractivity contribution in [3.63, 3.8) is 0 Å². The number of rotatable bonds is 4. The maximum absolute atomic E-state index is 12.0. The highest BCUT2D eigenvalue weighted by Gasteiger charge is 2.12. The lowest BCUT2D eigenvalue weighted by Gasteiger charge is -2.03. The Morgan fingerprint density at radius 2 is 2.09 bits per heavy atom. The fourth-order valence-electron chi connectivity index (χ4n) is 1.91. The normalized spacial score (nSPS) is 10.6. The number of hydrogen-bond acceptors (Lipinski definition) is 5. The van der Waals surface area contributed by atoms with Gasteiger partial charge in [0.15, 0.2) is 5.82 Å². The van der Waals surface area contributed by atoms with Crippen LogP contribution in [0.25, 0.3) is 5.69 Å². The maximum Gasteiger partial charge on any atom is 0.271 e. The number of carbonyl (C=O) groups excluding carboxylic acids is 1. The largest absolute Gasteiger partial charge is 0.343 e. The molecule has 0 unspecified atom stereocenters. The van der Waals surface area contributed by atoms with Crippen LogP contribution in [0.1, 0.15) is 21.9 Å². The van der Waals surface area contributed by atoms with Gasteiger partial charge in [0.05, 0.1) is 12.2 Å². The highest BCUT2D eigenvalue weighted by atomic mass is 16.2. The number of tetrazole rings is 1. The van der Waals surface area contributed by atoms with E-state index >= 15 is 0 Å². The van der Waals surface area contributed by atoms with Crippen LogP contribution in [0.15, 0.2) is 35.1 Å². The van der Waals surface area contributed by atoms with Gasteiger partial charge in [0.1, 0.15) is 5.69 Å². The Labute approximate surface area is 124 Å². The summed E-state index contributed by atoms with van der Waals surface area (Å²) < 4.78 is 1.31. The number of aromatic nitrogens is 6. The smallest absolute Gasteiger partial charge is 0.271 e. The number of amides is 1. The lowest BCUT2D eigenvalue weighted by molar-refractivity contribution is 0.0944. The Morgan fingerprint density at radius 1 is 1.32 bits per heavy atom. The predicted molar refractivity (Wildman–Crippen MR) is 76.5 cm³/mol. The van der Waals surface area contributed by atoms with Crippen LogP contribution < -0.4 is 10.9 Å². The molecule has 0 atom stereocenters. The monoisotopic (exact) mass is 299 g/mol. The van der Waals surface area contributed by atoms with Gasteiger partial charge in [-0.15, -0.1) is 10.2 Å². The summed E-state index contributed by atoms with van der Waals surface area (Å²) in [5, 5.41) is 18.5. The zero-order valence-electron chi connectivity index (χ0n) is 11.7. The van der Waals surface area contributed by atoms with Gasteiger partial charge >= 0.3 is 0 Å². The minimum Gasteiger partial charge on any atom is -0.343 e. The van der Waals surface area contributed by atoms with Crippen molar-refractivity contribution in [2.45, 2.75) is 13.5 Å². The summed E-state index contributed by atoms with van der Waals surface area (Å²) in [7, 11) is 0. The van der Waals surface area contributed by atoms with Crippen molar-refractivity contribution >= 4 is 5.91 Å². The van der Waals surface area contributed by atoms with Gasteiger partial charge in [-0.3, -0.25) is 14.7 Å². The summed E-state index contributed by atoms with van der Waals surface area (Å²) in [4.78, 5) is 24.0. The van der Waals surface area contributed by atoms with Gasteiger partial charge in [0.25, 0.3) is 11.5 Å². The SMILES string of the molecule is Cc1ccc(-n2[nH]c(C(=O)NCc3nn[nH]n3)cc2=O)cc1. The molecule has 0 aliphatic heterocycles. The van der Waals surface area contributed by atoms with Crippen molar-refractivity contribution < 1.29 is 4.79 Å². The molecule has 1 amide bonds. The summed E-state index contributed by atoms with van der Waals surface area (Å²) in [6.45, 7) is 2.07. The highest BCUT2D eigenvalue weighted by Crippen LogP contribution is 2.06. The molecular formula is C13H13N7O2. The number of aryl methyl sites for hydroxylation is 1. The average Bonchev–Trinajstić information content (AvgIpc) is 3.15. The number of aromatic amines is 2. The van der Waals surface area contributed by atoms with Crippen LogP contribution in [0.2, 0.25) is 0 Å². The third-order valence-corrected chi connectivity index (χ3v) is 3.05. The summed E-state index contributed by atoms with van der Waals surface area (Å²) in [6, 6.07) is 8.62. The fourth-order valence-corrected chi connectivity index (χ4v) is 1.91. The second kappa shape index (κ2) is 5.64. The molecule has 22 heavy (non-hydrogen) atoms. The molecule has 0 spiro atoms. The molecule has 0 aliphatic carbocycles. The third-order valence-electron chi connectivity index (χ3n) is 3.05. The molecule has 0 radical (unpaired) electrons. The van der Waals surface area contributed by atoms with Crippen LogP contribution >= 0.6 is 0 Å². The molecule has 0 fully saturated rings. The van der Waals surface area contributed by atoms with Crippen LogP contribution in [0.3, 0.4) is 0 Å². The molecule has 9 nitrogen and oxygen atoms in total. The van der Waals surface area contributed by atoms with Crippen molar-refractivity contribution in [2.75, 3.05) is 0 Å². The van der Waals surface area contributed by atoms with E-state index < -0.39 is 5.91 Å². The minimum absolute atomic E-state index is 0.118. The van der Waals surface area contributed by atoms with Crippen LogP contribution in [0, 0.1) is 6.92 Å². The molecule has 3 N–H and O–H groups in total. The van der Waals surface area contributed by atoms with Gasteiger partial charge in [-0.05, 0) is 19.1 Å². The summed E-state index contributed by atoms with van der Waals surface area (Å²) in [5.74, 6) is -0.0681. The van der Waals surface area contributed by atoms with Crippen LogP contribution in [0.4, 0.5) is 0 Å². The van der Waals surface area contributed by atoms with Gasteiger partial charge < -0.3 is 5.32 Å². The molecule has 2 heterocycles. The first-order valence-corrected chi connectivity index (χ1v) is 6.53. The molecule has 0 bridgehead atoms. The van der Waals surface area contributed by atoms with E-state index in [2.05, 4.69) is 31.0 Å². The van der Waals surface area contributed by atoms with E-state index in [1.54, 1.807) is 12.1 Å². The quantitative estimate of drug-likeness (QED) is 0.622. The van der Waals surface area contributed by atoms with Gasteiger partial charge in [-0.1, -0.05) is 22.9 Å². The number of carbonyl (C=O) groups is 1. The second-order valence-electron chi connectivity index (χ2n) is 4.69. The first kappa shape index (κ1) is 13.7. The molecule has 112 valence electrons. The molecule has 0 aliphatic rings. The first-order valence-electron chi connectivity index (χ1n) is 6.53. The summed E-state index contributed by atoms with van der Waals surface area (Å²) in [5.41, 5.74) is 1.59. The van der Waals surface area contributed by atoms with Crippen molar-refractivity contribution in [3.05, 3.63) is 57.8 Å². The zero-order chi connectivity index (χ0) is 15.5. The van der Waals surface area contributed by atoms with Crippen molar-refractivity contribution in [2.24, 2.45) is 0 Å². The van der Waals surface area contributed by atoms with E-state index in [-0.39, 0.29) is 17.8 Å². The molecule has 2 aromatic heterocycles. The Morgan fingerprint density at radius 3 is 2.77 bits per heavy atom. The number of H-pyrrole nitrogens is 2. The number of benzene rings is 1. The molecule has 1 aromatic carbocycles. The number of nitrogens with zero attached hydrogens (tertiary/aromatic N) is 4. The van der Waals surface area contributed by atoms with E-state index in [0.717, 1.165) is 5.56 Å². The average molecular weight is 299 g/mol. The fraction of sp³-hybridized carbons (Fsp3) is 0.154. The van der Waals surface area contributed by atoms with Gasteiger partial charge in [-0.2, -0.15) is 5.21 Å². The molecule has 0 saturated carbocycles. The van der Waals surface area contributed by atoms with Crippen LogP contribution in [-0.4, -0.2) is 36.3 Å². The van der Waals surface area contributed by atoms with E-state index in [0.29, 0.717) is 11.5 Å². The van der Waals surface area contributed by atoms with E-state index in [1.807, 2.05) is 19.1 Å². The standard InChI is InChI=1S/C13H13N7O2/c1-8-2-4-9(5-3-8)20-12(21)6-10(17-20)13(22)14-7-11-15-18-19-16-11/h2-6,17H,7H2,1H3,(H,14,22)(H,15,16,18,19). The maximum atomic E-state index is 12.0. The first-order chi connectivity index (χ1) is 10.6. The van der Waals surface area contributed by atoms with Gasteiger partial charge in [0.2, 0.25) is 0 Å². The van der Waals surface area contributed by atoms with Crippen molar-refractivity contribution in [3.8, 4) is 5.69 Å². The molecule has 3 rings (SSSR count). The summed E-state index contributed by atoms with van der Waals surface area (Å²) >= 11 is 0. The zero-order valence-corrected chi connectivity index (χ0v) is 11.7. The van der Waals surface area contributed by atoms with Crippen molar-refractivity contribution in [1.29, 1.82) is 0 Å². The second-order valence-corrected chi connectivity index (χ2v) is 4.69. The van der Waals surface area contributed by atoms with Gasteiger partial charge in [0, 0.05) is 6.07 Å². The van der Waals surface area contributed by atoms with E-state index in [1.165, 1.54) is 10.7 Å². The topological polar surface area (TPSA) is 121 Å². The molecule has 0 saturated heterocycles. The molecular weight excluding hydrogens is 286 g/mol. The predicted octanol–water partition coefficient (Wildman–Crippen LogP) is -0.0829. The molecule has 9 heteroatoms. The Hall–Kier alpha value is -3.23. The van der Waals surface area contributed by atoms with Gasteiger partial charge in [-0.25, -0.2) is 4.68 Å². The highest BCUT2D eigenvalue weighted by molar-refractivity contribution is 5.92. The lowest BCUT2D eigenvalue weighted by Crippen LogP contribution is -2.24. The van der Waals surface area contributed by atoms with E-state index in [4.69, 9.17) is 0 Å². The Balaban J connectivity index is 1.78. The lowest BCUT2D eigenvalue weighted by atomic mass is 10.2. The Kier molecular flexibility index (Phi) is 3.52. The number of nitrogens with one attached hydrogen (secondary N) is 3. The van der Waals surface area contributed by atoms with Crippen LogP contribution in [-0.2, 0) is 6.54 Å². The minimum atomic E-state index is -0.423. The summed E-state index contributed by atoms with van der Waals surface area (Å²) in [6.07, 6.45) is 0. The van der Waals surface area contributed by atoms with E-state index in [9.17, 15) is 9.59 Å². The number of hydrogen-bond donors (Lipinski definition) is 3. The third kappa shape index (κ3) is 2.77. The van der Waals surface area contributed by atoms with Crippen molar-refractivity contribution in [1.82, 2.24) is 35.7 Å². The molecule has 3 aromatic rings.